The Labute approximate surface area is 195 Å². The molecule has 2 N–H and O–H groups in total. The average molecular weight is 519 g/mol. The zero-order valence-corrected chi connectivity index (χ0v) is 19.9. The van der Waals surface area contributed by atoms with Gasteiger partial charge in [-0.15, -0.1) is 24.0 Å². The molecule has 3 aromatic rings. The molecule has 0 aliphatic rings. The highest BCUT2D eigenvalue weighted by Crippen LogP contribution is 2.18. The number of ether oxygens (including phenoxy) is 1. The van der Waals surface area contributed by atoms with Gasteiger partial charge in [0, 0.05) is 24.8 Å². The van der Waals surface area contributed by atoms with Gasteiger partial charge in [-0.1, -0.05) is 36.4 Å². The topological polar surface area (TPSA) is 63.5 Å². The smallest absolute Gasteiger partial charge is 0.191 e. The van der Waals surface area contributed by atoms with E-state index in [1.54, 1.807) is 0 Å². The van der Waals surface area contributed by atoms with Gasteiger partial charge in [0.05, 0.1) is 25.0 Å². The van der Waals surface area contributed by atoms with Crippen molar-refractivity contribution in [2.45, 2.75) is 26.8 Å². The number of para-hydroxylation sites is 2. The average Bonchev–Trinajstić information content (AvgIpc) is 3.23. The van der Waals surface area contributed by atoms with Gasteiger partial charge < -0.3 is 15.4 Å². The van der Waals surface area contributed by atoms with Crippen LogP contribution in [0.1, 0.15) is 25.0 Å². The van der Waals surface area contributed by atoms with Gasteiger partial charge in [0.2, 0.25) is 0 Å². The minimum absolute atomic E-state index is 0. The second-order valence-corrected chi connectivity index (χ2v) is 6.54. The Kier molecular flexibility index (Phi) is 10.2. The van der Waals surface area contributed by atoms with Gasteiger partial charge in [0.15, 0.2) is 5.96 Å². The fourth-order valence-corrected chi connectivity index (χ4v) is 2.97. The lowest BCUT2D eigenvalue weighted by molar-refractivity contribution is 0.336. The van der Waals surface area contributed by atoms with Crippen LogP contribution in [0.3, 0.4) is 0 Å². The van der Waals surface area contributed by atoms with Crippen molar-refractivity contribution >= 4 is 29.9 Å². The quantitative estimate of drug-likeness (QED) is 0.253. The third-order valence-electron chi connectivity index (χ3n) is 4.39. The first-order valence-corrected chi connectivity index (χ1v) is 10.1. The molecule has 0 unspecified atom stereocenters. The third-order valence-corrected chi connectivity index (χ3v) is 4.39. The second kappa shape index (κ2) is 12.9. The predicted octanol–water partition coefficient (Wildman–Crippen LogP) is 4.19. The third kappa shape index (κ3) is 7.05. The van der Waals surface area contributed by atoms with Crippen molar-refractivity contribution in [2.24, 2.45) is 4.99 Å². The fourth-order valence-electron chi connectivity index (χ4n) is 2.97. The lowest BCUT2D eigenvalue weighted by Crippen LogP contribution is -2.38. The van der Waals surface area contributed by atoms with Crippen LogP contribution in [0.15, 0.2) is 72.0 Å². The maximum Gasteiger partial charge on any atom is 0.191 e. The SMILES string of the molecule is CCNC(=NCc1ccccc1OCC)NCCc1cnn(-c2ccccc2)c1.I. The molecule has 0 saturated carbocycles. The van der Waals surface area contributed by atoms with E-state index in [1.807, 2.05) is 66.3 Å². The van der Waals surface area contributed by atoms with Crippen molar-refractivity contribution < 1.29 is 4.74 Å². The van der Waals surface area contributed by atoms with E-state index in [0.717, 1.165) is 42.5 Å². The molecule has 0 aliphatic carbocycles. The largest absolute Gasteiger partial charge is 0.494 e. The van der Waals surface area contributed by atoms with E-state index in [4.69, 9.17) is 9.73 Å². The summed E-state index contributed by atoms with van der Waals surface area (Å²) >= 11 is 0. The Balaban J connectivity index is 0.00000320. The van der Waals surface area contributed by atoms with Crippen molar-refractivity contribution in [3.05, 3.63) is 78.1 Å². The molecule has 0 fully saturated rings. The van der Waals surface area contributed by atoms with E-state index in [-0.39, 0.29) is 24.0 Å². The van der Waals surface area contributed by atoms with Crippen LogP contribution in [-0.4, -0.2) is 35.4 Å². The Hall–Kier alpha value is -2.55. The lowest BCUT2D eigenvalue weighted by Gasteiger charge is -2.12. The molecule has 0 bridgehead atoms. The summed E-state index contributed by atoms with van der Waals surface area (Å²) in [6, 6.07) is 18.2. The molecular weight excluding hydrogens is 489 g/mol. The summed E-state index contributed by atoms with van der Waals surface area (Å²) in [6.45, 7) is 6.86. The van der Waals surface area contributed by atoms with Crippen LogP contribution in [0.4, 0.5) is 0 Å². The Bertz CT molecular complexity index is 911. The zero-order valence-electron chi connectivity index (χ0n) is 17.5. The van der Waals surface area contributed by atoms with E-state index < -0.39 is 0 Å². The summed E-state index contributed by atoms with van der Waals surface area (Å²) in [5.74, 6) is 1.69. The van der Waals surface area contributed by atoms with Crippen LogP contribution in [0.5, 0.6) is 5.75 Å². The van der Waals surface area contributed by atoms with Gasteiger partial charge in [-0.2, -0.15) is 5.10 Å². The molecule has 0 saturated heterocycles. The summed E-state index contributed by atoms with van der Waals surface area (Å²) in [6.07, 6.45) is 4.85. The first-order chi connectivity index (χ1) is 14.3. The Morgan fingerprint density at radius 3 is 2.57 bits per heavy atom. The van der Waals surface area contributed by atoms with Gasteiger partial charge in [-0.3, -0.25) is 0 Å². The highest BCUT2D eigenvalue weighted by Gasteiger charge is 2.04. The van der Waals surface area contributed by atoms with E-state index in [0.29, 0.717) is 13.2 Å². The van der Waals surface area contributed by atoms with Crippen molar-refractivity contribution in [3.63, 3.8) is 0 Å². The predicted molar refractivity (Wildman–Crippen MR) is 133 cm³/mol. The van der Waals surface area contributed by atoms with Gasteiger partial charge in [0.1, 0.15) is 5.75 Å². The van der Waals surface area contributed by atoms with Crippen LogP contribution >= 0.6 is 24.0 Å². The van der Waals surface area contributed by atoms with Gasteiger partial charge in [-0.05, 0) is 44.0 Å². The minimum atomic E-state index is 0. The van der Waals surface area contributed by atoms with Crippen molar-refractivity contribution in [3.8, 4) is 11.4 Å². The van der Waals surface area contributed by atoms with Crippen molar-refractivity contribution in [1.29, 1.82) is 0 Å². The second-order valence-electron chi connectivity index (χ2n) is 6.54. The fraction of sp³-hybridized carbons (Fsp3) is 0.304. The normalized spacial score (nSPS) is 10.9. The molecule has 1 heterocycles. The molecule has 0 radical (unpaired) electrons. The number of nitrogens with zero attached hydrogens (tertiary/aromatic N) is 3. The number of hydrogen-bond acceptors (Lipinski definition) is 3. The maximum atomic E-state index is 5.69. The number of benzene rings is 2. The summed E-state index contributed by atoms with van der Waals surface area (Å²) in [5.41, 5.74) is 3.32. The monoisotopic (exact) mass is 519 g/mol. The van der Waals surface area contributed by atoms with Crippen LogP contribution < -0.4 is 15.4 Å². The molecule has 1 aromatic heterocycles. The zero-order chi connectivity index (χ0) is 20.3. The van der Waals surface area contributed by atoms with Gasteiger partial charge in [0.25, 0.3) is 0 Å². The highest BCUT2D eigenvalue weighted by atomic mass is 127. The Morgan fingerprint density at radius 2 is 1.80 bits per heavy atom. The molecule has 0 amide bonds. The number of guanidine groups is 1. The molecule has 0 spiro atoms. The van der Waals surface area contributed by atoms with Crippen molar-refractivity contribution in [2.75, 3.05) is 19.7 Å². The van der Waals surface area contributed by atoms with Crippen LogP contribution in [0, 0.1) is 0 Å². The summed E-state index contributed by atoms with van der Waals surface area (Å²) in [5, 5.41) is 11.2. The number of halogens is 1. The Morgan fingerprint density at radius 1 is 1.03 bits per heavy atom. The van der Waals surface area contributed by atoms with Crippen LogP contribution in [0.25, 0.3) is 5.69 Å². The molecule has 0 atom stereocenters. The van der Waals surface area contributed by atoms with Crippen molar-refractivity contribution in [1.82, 2.24) is 20.4 Å². The molecule has 7 heteroatoms. The van der Waals surface area contributed by atoms with Crippen LogP contribution in [-0.2, 0) is 13.0 Å². The van der Waals surface area contributed by atoms with Crippen LogP contribution in [0.2, 0.25) is 0 Å². The molecular formula is C23H30IN5O. The van der Waals surface area contributed by atoms with E-state index in [1.165, 1.54) is 5.56 Å². The summed E-state index contributed by atoms with van der Waals surface area (Å²) in [7, 11) is 0. The molecule has 30 heavy (non-hydrogen) atoms. The van der Waals surface area contributed by atoms with E-state index in [2.05, 4.69) is 34.9 Å². The highest BCUT2D eigenvalue weighted by molar-refractivity contribution is 14.0. The number of aliphatic imine (C=N–C) groups is 1. The standard InChI is InChI=1S/C23H29N5O.HI/c1-3-24-23(26-17-20-10-8-9-13-22(20)29-4-2)25-15-14-19-16-27-28(18-19)21-11-6-5-7-12-21;/h5-13,16,18H,3-4,14-15,17H2,1-2H3,(H2,24,25,26);1H. The maximum absolute atomic E-state index is 5.69. The molecule has 160 valence electrons. The first-order valence-electron chi connectivity index (χ1n) is 10.1. The molecule has 2 aromatic carbocycles. The molecule has 3 rings (SSSR count). The lowest BCUT2D eigenvalue weighted by atomic mass is 10.2. The van der Waals surface area contributed by atoms with Gasteiger partial charge in [-0.25, -0.2) is 9.67 Å². The summed E-state index contributed by atoms with van der Waals surface area (Å²) in [4.78, 5) is 4.70. The molecule has 0 aliphatic heterocycles. The molecule has 6 nitrogen and oxygen atoms in total. The van der Waals surface area contributed by atoms with E-state index in [9.17, 15) is 0 Å². The number of rotatable bonds is 9. The first kappa shape index (κ1) is 23.7. The van der Waals surface area contributed by atoms with Gasteiger partial charge >= 0.3 is 0 Å². The number of aromatic nitrogens is 2. The summed E-state index contributed by atoms with van der Waals surface area (Å²) < 4.78 is 7.59. The number of nitrogens with one attached hydrogen (secondary N) is 2. The minimum Gasteiger partial charge on any atom is -0.494 e. The number of hydrogen-bond donors (Lipinski definition) is 2. The van der Waals surface area contributed by atoms with E-state index >= 15 is 0 Å².